The fourth-order valence-corrected chi connectivity index (χ4v) is 6.44. The maximum Gasteiger partial charge on any atom is 0.348 e. The summed E-state index contributed by atoms with van der Waals surface area (Å²) in [6.07, 6.45) is 0. The monoisotopic (exact) mass is 512 g/mol. The van der Waals surface area contributed by atoms with Crippen LogP contribution in [0.15, 0.2) is 84.9 Å². The summed E-state index contributed by atoms with van der Waals surface area (Å²) in [7, 11) is 0. The third-order valence-electron chi connectivity index (χ3n) is 5.88. The Kier molecular flexibility index (Phi) is 6.93. The second-order valence-electron chi connectivity index (χ2n) is 8.21. The Bertz CT molecular complexity index is 1450. The second kappa shape index (κ2) is 10.4. The number of carbonyl (C=O) groups is 2. The lowest BCUT2D eigenvalue weighted by atomic mass is 9.90. The molecule has 0 saturated carbocycles. The highest BCUT2D eigenvalue weighted by Crippen LogP contribution is 2.44. The summed E-state index contributed by atoms with van der Waals surface area (Å²) in [4.78, 5) is 31.9. The van der Waals surface area contributed by atoms with E-state index in [0.717, 1.165) is 37.5 Å². The molecule has 0 radical (unpaired) electrons. The Labute approximate surface area is 217 Å². The van der Waals surface area contributed by atoms with E-state index in [1.54, 1.807) is 6.92 Å². The first kappa shape index (κ1) is 23.9. The maximum absolute atomic E-state index is 13.8. The van der Waals surface area contributed by atoms with Crippen LogP contribution < -0.4 is 5.32 Å². The molecular formula is C29H24N2O3S2. The van der Waals surface area contributed by atoms with Crippen molar-refractivity contribution in [3.63, 3.8) is 0 Å². The van der Waals surface area contributed by atoms with Crippen LogP contribution in [0.25, 0.3) is 20.8 Å². The molecule has 0 spiro atoms. The Hall–Kier alpha value is -3.81. The minimum Gasteiger partial charge on any atom is -0.462 e. The van der Waals surface area contributed by atoms with Crippen molar-refractivity contribution >= 4 is 49.8 Å². The number of rotatable bonds is 7. The molecule has 2 aromatic heterocycles. The number of anilines is 1. The third-order valence-corrected chi connectivity index (χ3v) is 8.12. The number of para-hydroxylation sites is 1. The summed E-state index contributed by atoms with van der Waals surface area (Å²) in [5.41, 5.74) is 4.18. The van der Waals surface area contributed by atoms with E-state index < -0.39 is 11.9 Å². The fourth-order valence-electron chi connectivity index (χ4n) is 4.20. The molecule has 1 N–H and O–H groups in total. The van der Waals surface area contributed by atoms with E-state index in [1.807, 2.05) is 91.9 Å². The van der Waals surface area contributed by atoms with Crippen LogP contribution in [0, 0.1) is 6.92 Å². The lowest BCUT2D eigenvalue weighted by Gasteiger charge is -2.18. The average molecular weight is 513 g/mol. The molecule has 0 unspecified atom stereocenters. The maximum atomic E-state index is 13.8. The quantitative estimate of drug-likeness (QED) is 0.233. The Balaban J connectivity index is 1.60. The minimum absolute atomic E-state index is 0.175. The summed E-state index contributed by atoms with van der Waals surface area (Å²) in [5.74, 6) is -1.08. The van der Waals surface area contributed by atoms with Crippen molar-refractivity contribution in [3.05, 3.63) is 106 Å². The zero-order chi connectivity index (χ0) is 25.1. The number of thiazole rings is 1. The molecule has 0 atom stereocenters. The van der Waals surface area contributed by atoms with Gasteiger partial charge in [0.2, 0.25) is 5.91 Å². The Morgan fingerprint density at radius 1 is 0.889 bits per heavy atom. The zero-order valence-corrected chi connectivity index (χ0v) is 21.5. The van der Waals surface area contributed by atoms with Crippen molar-refractivity contribution in [1.29, 1.82) is 0 Å². The molecule has 0 bridgehead atoms. The molecule has 5 nitrogen and oxygen atoms in total. The van der Waals surface area contributed by atoms with Gasteiger partial charge < -0.3 is 10.1 Å². The number of hydrogen-bond acceptors (Lipinski definition) is 6. The number of hydrogen-bond donors (Lipinski definition) is 1. The Morgan fingerprint density at radius 2 is 1.50 bits per heavy atom. The first-order valence-corrected chi connectivity index (χ1v) is 13.3. The number of ether oxygens (including phenoxy) is 1. The Morgan fingerprint density at radius 3 is 2.11 bits per heavy atom. The van der Waals surface area contributed by atoms with Gasteiger partial charge in [0, 0.05) is 5.56 Å². The molecule has 0 aliphatic heterocycles. The van der Waals surface area contributed by atoms with Crippen molar-refractivity contribution in [2.24, 2.45) is 0 Å². The van der Waals surface area contributed by atoms with Gasteiger partial charge in [-0.05, 0) is 42.7 Å². The number of nitrogens with one attached hydrogen (secondary N) is 1. The van der Waals surface area contributed by atoms with Gasteiger partial charge in [0.05, 0.1) is 22.7 Å². The normalized spacial score (nSPS) is 11.1. The number of amides is 1. The topological polar surface area (TPSA) is 68.3 Å². The average Bonchev–Trinajstić information content (AvgIpc) is 3.46. The van der Waals surface area contributed by atoms with Gasteiger partial charge in [-0.1, -0.05) is 72.8 Å². The molecule has 0 aliphatic rings. The number of benzene rings is 3. The highest BCUT2D eigenvalue weighted by atomic mass is 32.1. The SMILES string of the molecule is CCOC(=O)c1sc(NC(=O)C(c2ccccc2)c2ccccc2)c(-c2nc3ccccc3s2)c1C. The lowest BCUT2D eigenvalue weighted by Crippen LogP contribution is -2.22. The van der Waals surface area contributed by atoms with Gasteiger partial charge in [-0.25, -0.2) is 9.78 Å². The molecule has 36 heavy (non-hydrogen) atoms. The fraction of sp³-hybridized carbons (Fsp3) is 0.138. The van der Waals surface area contributed by atoms with Crippen LogP contribution >= 0.6 is 22.7 Å². The van der Waals surface area contributed by atoms with Crippen LogP contribution in [-0.2, 0) is 9.53 Å². The number of fused-ring (bicyclic) bond motifs is 1. The molecule has 180 valence electrons. The van der Waals surface area contributed by atoms with E-state index >= 15 is 0 Å². The number of aromatic nitrogens is 1. The van der Waals surface area contributed by atoms with E-state index in [9.17, 15) is 9.59 Å². The minimum atomic E-state index is -0.510. The predicted octanol–water partition coefficient (Wildman–Crippen LogP) is 7.28. The third kappa shape index (κ3) is 4.67. The molecular weight excluding hydrogens is 488 g/mol. The van der Waals surface area contributed by atoms with Gasteiger partial charge in [-0.2, -0.15) is 0 Å². The number of carbonyl (C=O) groups excluding carboxylic acids is 2. The summed E-state index contributed by atoms with van der Waals surface area (Å²) >= 11 is 2.77. The second-order valence-corrected chi connectivity index (χ2v) is 10.3. The van der Waals surface area contributed by atoms with Gasteiger partial charge in [0.1, 0.15) is 14.9 Å². The number of nitrogens with zero attached hydrogens (tertiary/aromatic N) is 1. The zero-order valence-electron chi connectivity index (χ0n) is 19.9. The van der Waals surface area contributed by atoms with Crippen LogP contribution in [0.4, 0.5) is 5.00 Å². The van der Waals surface area contributed by atoms with Crippen LogP contribution in [-0.4, -0.2) is 23.5 Å². The number of esters is 1. The standard InChI is InChI=1S/C29H24N2O3S2/c1-3-34-29(33)25-18(2)23(27-30-21-16-10-11-17-22(21)35-27)28(36-25)31-26(32)24(19-12-6-4-7-13-19)20-14-8-5-9-15-20/h4-17,24H,3H2,1-2H3,(H,31,32). The smallest absolute Gasteiger partial charge is 0.348 e. The molecule has 1 amide bonds. The summed E-state index contributed by atoms with van der Waals surface area (Å²) in [6.45, 7) is 3.94. The largest absolute Gasteiger partial charge is 0.462 e. The van der Waals surface area contributed by atoms with E-state index in [1.165, 1.54) is 22.7 Å². The van der Waals surface area contributed by atoms with Gasteiger partial charge >= 0.3 is 5.97 Å². The predicted molar refractivity (Wildman–Crippen MR) is 147 cm³/mol. The van der Waals surface area contributed by atoms with E-state index in [2.05, 4.69) is 5.32 Å². The van der Waals surface area contributed by atoms with Crippen LogP contribution in [0.5, 0.6) is 0 Å². The van der Waals surface area contributed by atoms with Crippen LogP contribution in [0.3, 0.4) is 0 Å². The number of thiophene rings is 1. The van der Waals surface area contributed by atoms with Crippen molar-refractivity contribution in [2.45, 2.75) is 19.8 Å². The molecule has 7 heteroatoms. The van der Waals surface area contributed by atoms with Gasteiger partial charge in [0.15, 0.2) is 0 Å². The van der Waals surface area contributed by atoms with Crippen LogP contribution in [0.2, 0.25) is 0 Å². The van der Waals surface area contributed by atoms with E-state index in [-0.39, 0.29) is 12.5 Å². The summed E-state index contributed by atoms with van der Waals surface area (Å²) in [6, 6.07) is 27.3. The van der Waals surface area contributed by atoms with E-state index in [0.29, 0.717) is 9.88 Å². The molecule has 0 aliphatic carbocycles. The molecule has 0 fully saturated rings. The van der Waals surface area contributed by atoms with Crippen molar-refractivity contribution < 1.29 is 14.3 Å². The van der Waals surface area contributed by atoms with Crippen molar-refractivity contribution in [1.82, 2.24) is 4.98 Å². The molecule has 3 aromatic carbocycles. The molecule has 5 rings (SSSR count). The lowest BCUT2D eigenvalue weighted by molar-refractivity contribution is -0.116. The first-order valence-electron chi connectivity index (χ1n) is 11.6. The van der Waals surface area contributed by atoms with Gasteiger partial charge in [0.25, 0.3) is 0 Å². The van der Waals surface area contributed by atoms with E-state index in [4.69, 9.17) is 9.72 Å². The highest BCUT2D eigenvalue weighted by Gasteiger charge is 2.28. The van der Waals surface area contributed by atoms with Gasteiger partial charge in [-0.15, -0.1) is 22.7 Å². The van der Waals surface area contributed by atoms with Gasteiger partial charge in [-0.3, -0.25) is 4.79 Å². The van der Waals surface area contributed by atoms with Crippen molar-refractivity contribution in [3.8, 4) is 10.6 Å². The first-order chi connectivity index (χ1) is 17.6. The molecule has 2 heterocycles. The molecule has 0 saturated heterocycles. The van der Waals surface area contributed by atoms with Crippen LogP contribution in [0.1, 0.15) is 39.2 Å². The highest BCUT2D eigenvalue weighted by molar-refractivity contribution is 7.23. The summed E-state index contributed by atoms with van der Waals surface area (Å²) < 4.78 is 6.35. The summed E-state index contributed by atoms with van der Waals surface area (Å²) in [5, 5.41) is 4.50. The molecule has 5 aromatic rings. The van der Waals surface area contributed by atoms with Crippen molar-refractivity contribution in [2.75, 3.05) is 11.9 Å².